The van der Waals surface area contributed by atoms with Gasteiger partial charge in [-0.25, -0.2) is 4.79 Å². The minimum Gasteiger partial charge on any atom is -0.491 e. The zero-order valence-corrected chi connectivity index (χ0v) is 15.0. The molecule has 0 spiro atoms. The number of piperazine rings is 1. The van der Waals surface area contributed by atoms with Crippen molar-refractivity contribution in [2.75, 3.05) is 45.9 Å². The topological polar surface area (TPSA) is 72.7 Å². The molecule has 1 aromatic rings. The van der Waals surface area contributed by atoms with Crippen molar-refractivity contribution in [1.29, 1.82) is 0 Å². The van der Waals surface area contributed by atoms with Gasteiger partial charge >= 0.3 is 12.5 Å². The monoisotopic (exact) mass is 393 g/mol. The number of nitrogens with one attached hydrogen (secondary N) is 1. The van der Waals surface area contributed by atoms with E-state index >= 15 is 0 Å². The first kappa shape index (κ1) is 21.1. The molecule has 2 N–H and O–H groups in total. The fraction of sp³-hybridized carbons (Fsp3) is 0.588. The number of nitrogens with zero attached hydrogens (tertiary/aromatic N) is 1. The maximum absolute atomic E-state index is 12.1. The van der Waals surface area contributed by atoms with E-state index in [2.05, 4.69) is 4.74 Å². The zero-order valence-electron chi connectivity index (χ0n) is 15.0. The molecule has 1 amide bonds. The number of hydrogen-bond acceptors (Lipinski definition) is 5. The van der Waals surface area contributed by atoms with E-state index in [1.807, 2.05) is 0 Å². The number of ether oxygens (including phenoxy) is 3. The van der Waals surface area contributed by atoms with Crippen LogP contribution in [0.1, 0.15) is 6.92 Å². The average molecular weight is 393 g/mol. The molecule has 10 heteroatoms. The third-order valence-electron chi connectivity index (χ3n) is 4.02. The van der Waals surface area contributed by atoms with E-state index in [0.29, 0.717) is 45.1 Å². The lowest BCUT2D eigenvalue weighted by Gasteiger charge is -2.32. The molecule has 0 radical (unpaired) electrons. The van der Waals surface area contributed by atoms with Crippen molar-refractivity contribution < 1.29 is 42.2 Å². The second-order valence-corrected chi connectivity index (χ2v) is 6.12. The van der Waals surface area contributed by atoms with E-state index < -0.39 is 12.5 Å². The van der Waals surface area contributed by atoms with Gasteiger partial charge in [0.25, 0.3) is 0 Å². The Morgan fingerprint density at radius 3 is 2.37 bits per heavy atom. The summed E-state index contributed by atoms with van der Waals surface area (Å²) in [7, 11) is 0. The first-order valence-electron chi connectivity index (χ1n) is 8.68. The molecule has 0 aliphatic carbocycles. The molecule has 2 rings (SSSR count). The Labute approximate surface area is 155 Å². The number of aliphatic hydroxyl groups is 1. The normalized spacial score (nSPS) is 16.7. The number of carbonyl (C=O) groups excluding carboxylic acids is 1. The number of carbonyl (C=O) groups is 1. The van der Waals surface area contributed by atoms with Crippen molar-refractivity contribution in [2.45, 2.75) is 19.4 Å². The van der Waals surface area contributed by atoms with Crippen LogP contribution in [0.15, 0.2) is 24.3 Å². The van der Waals surface area contributed by atoms with Crippen LogP contribution in [0.2, 0.25) is 0 Å². The number of halogens is 3. The Hall–Kier alpha value is -2.20. The lowest BCUT2D eigenvalue weighted by molar-refractivity contribution is -0.907. The van der Waals surface area contributed by atoms with Gasteiger partial charge in [0.15, 0.2) is 0 Å². The lowest BCUT2D eigenvalue weighted by Crippen LogP contribution is -3.16. The summed E-state index contributed by atoms with van der Waals surface area (Å²) in [6, 6.07) is 4.99. The Balaban J connectivity index is 1.69. The SMILES string of the molecule is CCOC(=O)N1CC[NH+](C[C@@H](O)COc2ccc(OC(F)(F)F)cc2)CC1. The maximum atomic E-state index is 12.1. The first-order valence-corrected chi connectivity index (χ1v) is 8.68. The van der Waals surface area contributed by atoms with E-state index in [1.54, 1.807) is 11.8 Å². The Bertz CT molecular complexity index is 589. The second kappa shape index (κ2) is 9.65. The number of aliphatic hydroxyl groups excluding tert-OH is 1. The molecule has 1 aliphatic heterocycles. The zero-order chi connectivity index (χ0) is 19.9. The molecule has 1 saturated heterocycles. The molecular weight excluding hydrogens is 369 g/mol. The van der Waals surface area contributed by atoms with Crippen LogP contribution in [0.3, 0.4) is 0 Å². The summed E-state index contributed by atoms with van der Waals surface area (Å²) in [5, 5.41) is 10.1. The molecule has 0 aromatic heterocycles. The molecule has 1 heterocycles. The number of quaternary nitrogens is 1. The van der Waals surface area contributed by atoms with Gasteiger partial charge in [0, 0.05) is 0 Å². The highest BCUT2D eigenvalue weighted by molar-refractivity contribution is 5.67. The summed E-state index contributed by atoms with van der Waals surface area (Å²) in [6.07, 6.45) is -5.79. The van der Waals surface area contributed by atoms with E-state index in [4.69, 9.17) is 9.47 Å². The van der Waals surface area contributed by atoms with Gasteiger partial charge in [-0.3, -0.25) is 4.90 Å². The van der Waals surface area contributed by atoms with E-state index in [-0.39, 0.29) is 18.4 Å². The standard InChI is InChI=1S/C17H23F3N2O5/c1-2-25-16(24)22-9-7-21(8-10-22)11-13(23)12-26-14-3-5-15(6-4-14)27-17(18,19)20/h3-6,13,23H,2,7-12H2,1H3/p+1/t13-/m1/s1. The minimum atomic E-state index is -4.74. The molecule has 1 fully saturated rings. The molecule has 7 nitrogen and oxygen atoms in total. The Morgan fingerprint density at radius 2 is 1.81 bits per heavy atom. The molecule has 0 saturated carbocycles. The van der Waals surface area contributed by atoms with Crippen LogP contribution < -0.4 is 14.4 Å². The summed E-state index contributed by atoms with van der Waals surface area (Å²) < 4.78 is 50.5. The highest BCUT2D eigenvalue weighted by Gasteiger charge is 2.31. The molecule has 1 aromatic carbocycles. The van der Waals surface area contributed by atoms with Gasteiger partial charge in [-0.05, 0) is 31.2 Å². The summed E-state index contributed by atoms with van der Waals surface area (Å²) >= 11 is 0. The van der Waals surface area contributed by atoms with Gasteiger partial charge in [-0.2, -0.15) is 0 Å². The third kappa shape index (κ3) is 7.51. The number of benzene rings is 1. The van der Waals surface area contributed by atoms with Crippen LogP contribution in [0.25, 0.3) is 0 Å². The molecule has 27 heavy (non-hydrogen) atoms. The molecule has 1 atom stereocenters. The first-order chi connectivity index (χ1) is 12.8. The van der Waals surface area contributed by atoms with Crippen LogP contribution in [-0.2, 0) is 4.74 Å². The number of rotatable bonds is 7. The predicted octanol–water partition coefficient (Wildman–Crippen LogP) is 0.682. The van der Waals surface area contributed by atoms with Crippen LogP contribution in [0, 0.1) is 0 Å². The molecule has 0 unspecified atom stereocenters. The summed E-state index contributed by atoms with van der Waals surface area (Å²) in [5.74, 6) is 0.00465. The Kier molecular flexibility index (Phi) is 7.55. The van der Waals surface area contributed by atoms with Crippen LogP contribution >= 0.6 is 0 Å². The van der Waals surface area contributed by atoms with Crippen molar-refractivity contribution in [3.63, 3.8) is 0 Å². The highest BCUT2D eigenvalue weighted by atomic mass is 19.4. The third-order valence-corrected chi connectivity index (χ3v) is 4.02. The van der Waals surface area contributed by atoms with E-state index in [1.165, 1.54) is 12.1 Å². The molecule has 1 aliphatic rings. The number of hydrogen-bond donors (Lipinski definition) is 2. The highest BCUT2D eigenvalue weighted by Crippen LogP contribution is 2.24. The van der Waals surface area contributed by atoms with E-state index in [9.17, 15) is 23.1 Å². The van der Waals surface area contributed by atoms with Crippen LogP contribution in [-0.4, -0.2) is 74.5 Å². The van der Waals surface area contributed by atoms with Crippen LogP contribution in [0.5, 0.6) is 11.5 Å². The van der Waals surface area contributed by atoms with Gasteiger partial charge in [-0.15, -0.1) is 13.2 Å². The quantitative estimate of drug-likeness (QED) is 0.713. The Morgan fingerprint density at radius 1 is 1.22 bits per heavy atom. The van der Waals surface area contributed by atoms with Gasteiger partial charge in [0.05, 0.1) is 32.8 Å². The molecule has 152 valence electrons. The number of alkyl halides is 3. The fourth-order valence-electron chi connectivity index (χ4n) is 2.75. The summed E-state index contributed by atoms with van der Waals surface area (Å²) in [5.41, 5.74) is 0. The van der Waals surface area contributed by atoms with Gasteiger partial charge in [0.1, 0.15) is 30.8 Å². The lowest BCUT2D eigenvalue weighted by atomic mass is 10.2. The van der Waals surface area contributed by atoms with Crippen molar-refractivity contribution in [2.24, 2.45) is 0 Å². The minimum absolute atomic E-state index is 0.0184. The molecular formula is C17H24F3N2O5+. The van der Waals surface area contributed by atoms with E-state index in [0.717, 1.165) is 17.0 Å². The average Bonchev–Trinajstić information content (AvgIpc) is 2.61. The molecule has 0 bridgehead atoms. The smallest absolute Gasteiger partial charge is 0.491 e. The predicted molar refractivity (Wildman–Crippen MR) is 88.8 cm³/mol. The van der Waals surface area contributed by atoms with Gasteiger partial charge in [0.2, 0.25) is 0 Å². The van der Waals surface area contributed by atoms with Crippen molar-refractivity contribution >= 4 is 6.09 Å². The summed E-state index contributed by atoms with van der Waals surface area (Å²) in [4.78, 5) is 14.4. The maximum Gasteiger partial charge on any atom is 0.573 e. The van der Waals surface area contributed by atoms with Gasteiger partial charge in [-0.1, -0.05) is 0 Å². The largest absolute Gasteiger partial charge is 0.573 e. The number of amides is 1. The van der Waals surface area contributed by atoms with Gasteiger partial charge < -0.3 is 24.2 Å². The van der Waals surface area contributed by atoms with Crippen LogP contribution in [0.4, 0.5) is 18.0 Å². The van der Waals surface area contributed by atoms with Crippen molar-refractivity contribution in [1.82, 2.24) is 4.90 Å². The van der Waals surface area contributed by atoms with Crippen molar-refractivity contribution in [3.05, 3.63) is 24.3 Å². The summed E-state index contributed by atoms with van der Waals surface area (Å²) in [6.45, 7) is 5.07. The second-order valence-electron chi connectivity index (χ2n) is 6.12. The van der Waals surface area contributed by atoms with Crippen molar-refractivity contribution in [3.8, 4) is 11.5 Å². The fourth-order valence-corrected chi connectivity index (χ4v) is 2.75.